The van der Waals surface area contributed by atoms with Crippen molar-refractivity contribution < 1.29 is 9.47 Å². The van der Waals surface area contributed by atoms with Crippen LogP contribution in [-0.4, -0.2) is 51.8 Å². The zero-order valence-electron chi connectivity index (χ0n) is 17.7. The van der Waals surface area contributed by atoms with E-state index < -0.39 is 0 Å². The molecule has 2 fully saturated rings. The highest BCUT2D eigenvalue weighted by molar-refractivity contribution is 6.00. The second-order valence-electron chi connectivity index (χ2n) is 8.50. The van der Waals surface area contributed by atoms with Crippen LogP contribution >= 0.6 is 0 Å². The van der Waals surface area contributed by atoms with Gasteiger partial charge in [-0.25, -0.2) is 9.97 Å². The van der Waals surface area contributed by atoms with Gasteiger partial charge in [0.15, 0.2) is 0 Å². The van der Waals surface area contributed by atoms with Gasteiger partial charge in [0.05, 0.1) is 18.1 Å². The van der Waals surface area contributed by atoms with Crippen LogP contribution in [-0.2, 0) is 4.74 Å². The number of aromatic nitrogens is 3. The molecule has 2 atom stereocenters. The van der Waals surface area contributed by atoms with Crippen molar-refractivity contribution in [2.24, 2.45) is 0 Å². The van der Waals surface area contributed by atoms with E-state index in [0.29, 0.717) is 18.0 Å². The van der Waals surface area contributed by atoms with Gasteiger partial charge >= 0.3 is 0 Å². The van der Waals surface area contributed by atoms with Crippen LogP contribution in [0.4, 0.5) is 5.82 Å². The molecule has 2 aromatic carbocycles. The summed E-state index contributed by atoms with van der Waals surface area (Å²) >= 11 is 0. The minimum atomic E-state index is 0.361. The first-order valence-corrected chi connectivity index (χ1v) is 11.0. The fourth-order valence-electron chi connectivity index (χ4n) is 4.60. The number of anilines is 1. The van der Waals surface area contributed by atoms with Gasteiger partial charge in [0, 0.05) is 37.4 Å². The smallest absolute Gasteiger partial charge is 0.146 e. The number of nitrogens with zero attached hydrogens (tertiary/aromatic N) is 4. The summed E-state index contributed by atoms with van der Waals surface area (Å²) in [6, 6.07) is 18.2. The molecule has 2 aliphatic heterocycles. The second kappa shape index (κ2) is 7.93. The molecule has 2 aliphatic rings. The Bertz CT molecular complexity index is 1230. The minimum Gasteiger partial charge on any atom is -0.457 e. The van der Waals surface area contributed by atoms with Crippen molar-refractivity contribution in [1.82, 2.24) is 19.4 Å². The summed E-state index contributed by atoms with van der Waals surface area (Å²) in [5.74, 6) is 2.12. The van der Waals surface area contributed by atoms with E-state index in [9.17, 15) is 0 Å². The maximum atomic E-state index is 6.32. The van der Waals surface area contributed by atoms with E-state index in [2.05, 4.69) is 37.8 Å². The van der Waals surface area contributed by atoms with Crippen molar-refractivity contribution in [2.75, 3.05) is 32.0 Å². The molecule has 32 heavy (non-hydrogen) atoms. The van der Waals surface area contributed by atoms with Crippen LogP contribution in [0.25, 0.3) is 22.2 Å². The molecule has 0 aliphatic carbocycles. The van der Waals surface area contributed by atoms with Crippen molar-refractivity contribution in [3.8, 4) is 22.6 Å². The molecule has 0 radical (unpaired) electrons. The lowest BCUT2D eigenvalue weighted by atomic mass is 10.1. The number of nitrogens with two attached hydrogens (primary N) is 1. The fourth-order valence-corrected chi connectivity index (χ4v) is 4.60. The molecule has 6 rings (SSSR count). The third-order valence-electron chi connectivity index (χ3n) is 6.29. The molecule has 0 amide bonds. The summed E-state index contributed by atoms with van der Waals surface area (Å²) in [5, 5.41) is 0.910. The number of epoxide rings is 1. The normalized spacial score (nSPS) is 20.6. The summed E-state index contributed by atoms with van der Waals surface area (Å²) < 4.78 is 13.6. The Labute approximate surface area is 186 Å². The molecule has 0 bridgehead atoms. The summed E-state index contributed by atoms with van der Waals surface area (Å²) in [5.41, 5.74) is 9.33. The van der Waals surface area contributed by atoms with Crippen molar-refractivity contribution in [3.05, 3.63) is 67.1 Å². The van der Waals surface area contributed by atoms with Crippen LogP contribution in [0, 0.1) is 0 Å². The van der Waals surface area contributed by atoms with E-state index in [1.54, 1.807) is 6.33 Å². The van der Waals surface area contributed by atoms with Gasteiger partial charge in [-0.05, 0) is 36.2 Å². The lowest BCUT2D eigenvalue weighted by Crippen LogP contribution is -2.25. The second-order valence-corrected chi connectivity index (χ2v) is 8.50. The van der Waals surface area contributed by atoms with Crippen LogP contribution in [0.1, 0.15) is 12.5 Å². The molecule has 0 unspecified atom stereocenters. The average molecular weight is 428 g/mol. The van der Waals surface area contributed by atoms with Crippen molar-refractivity contribution in [1.29, 1.82) is 0 Å². The van der Waals surface area contributed by atoms with Gasteiger partial charge < -0.3 is 19.8 Å². The van der Waals surface area contributed by atoms with Gasteiger partial charge in [-0.15, -0.1) is 0 Å². The van der Waals surface area contributed by atoms with Crippen LogP contribution in [0.5, 0.6) is 11.5 Å². The SMILES string of the molecule is Nc1ncnc2c1c(-c1ccc(Oc3ccccc3)cc1)cn2[C@H]1CCN(C[C@H]2CO2)C1. The Morgan fingerprint density at radius 1 is 1.03 bits per heavy atom. The molecule has 7 heteroatoms. The standard InChI is InChI=1S/C25H25N5O2/c26-24-23-22(17-6-8-20(9-7-17)32-19-4-2-1-3-5-19)14-30(25(23)28-16-27-24)18-10-11-29(12-18)13-21-15-31-21/h1-9,14,16,18,21H,10-13,15H2,(H2,26,27,28)/t18-,21-/m0/s1. The Hall–Kier alpha value is -3.42. The summed E-state index contributed by atoms with van der Waals surface area (Å²) in [4.78, 5) is 11.4. The lowest BCUT2D eigenvalue weighted by molar-refractivity contribution is 0.278. The highest BCUT2D eigenvalue weighted by Gasteiger charge is 2.32. The third kappa shape index (κ3) is 3.70. The average Bonchev–Trinajstić information content (AvgIpc) is 3.36. The lowest BCUT2D eigenvalue weighted by Gasteiger charge is -2.16. The molecule has 7 nitrogen and oxygen atoms in total. The number of hydrogen-bond donors (Lipinski definition) is 1. The van der Waals surface area contributed by atoms with Gasteiger partial charge in [-0.3, -0.25) is 4.90 Å². The van der Waals surface area contributed by atoms with Crippen LogP contribution < -0.4 is 10.5 Å². The molecular formula is C25H25N5O2. The molecule has 162 valence electrons. The number of likely N-dealkylation sites (tertiary alicyclic amines) is 1. The highest BCUT2D eigenvalue weighted by Crippen LogP contribution is 2.37. The van der Waals surface area contributed by atoms with E-state index in [-0.39, 0.29) is 0 Å². The zero-order chi connectivity index (χ0) is 21.5. The summed E-state index contributed by atoms with van der Waals surface area (Å²) in [7, 11) is 0. The number of hydrogen-bond acceptors (Lipinski definition) is 6. The molecule has 2 N–H and O–H groups in total. The Morgan fingerprint density at radius 2 is 1.81 bits per heavy atom. The number of ether oxygens (including phenoxy) is 2. The highest BCUT2D eigenvalue weighted by atomic mass is 16.6. The topological polar surface area (TPSA) is 81.7 Å². The first-order valence-electron chi connectivity index (χ1n) is 11.0. The Morgan fingerprint density at radius 3 is 2.59 bits per heavy atom. The van der Waals surface area contributed by atoms with Crippen LogP contribution in [0.2, 0.25) is 0 Å². The number of nitrogen functional groups attached to an aromatic ring is 1. The first-order chi connectivity index (χ1) is 15.7. The predicted molar refractivity (Wildman–Crippen MR) is 124 cm³/mol. The monoisotopic (exact) mass is 427 g/mol. The van der Waals surface area contributed by atoms with Gasteiger partial charge in [0.1, 0.15) is 29.3 Å². The molecule has 4 heterocycles. The van der Waals surface area contributed by atoms with Gasteiger partial charge in [0.2, 0.25) is 0 Å². The van der Waals surface area contributed by atoms with E-state index in [1.807, 2.05) is 42.5 Å². The predicted octanol–water partition coefficient (Wildman–Crippen LogP) is 4.12. The molecule has 0 spiro atoms. The fraction of sp³-hybridized carbons (Fsp3) is 0.280. The van der Waals surface area contributed by atoms with Gasteiger partial charge in [-0.2, -0.15) is 0 Å². The molecule has 4 aromatic rings. The maximum Gasteiger partial charge on any atom is 0.146 e. The van der Waals surface area contributed by atoms with E-state index >= 15 is 0 Å². The molecule has 0 saturated carbocycles. The summed E-state index contributed by atoms with van der Waals surface area (Å²) in [6.45, 7) is 3.98. The minimum absolute atomic E-state index is 0.361. The van der Waals surface area contributed by atoms with Crippen molar-refractivity contribution in [3.63, 3.8) is 0 Å². The molecule has 2 aromatic heterocycles. The van der Waals surface area contributed by atoms with Crippen molar-refractivity contribution >= 4 is 16.9 Å². The quantitative estimate of drug-likeness (QED) is 0.466. The Kier molecular flexibility index (Phi) is 4.78. The van der Waals surface area contributed by atoms with Crippen molar-refractivity contribution in [2.45, 2.75) is 18.6 Å². The largest absolute Gasteiger partial charge is 0.457 e. The van der Waals surface area contributed by atoms with Crippen LogP contribution in [0.15, 0.2) is 67.1 Å². The van der Waals surface area contributed by atoms with Gasteiger partial charge in [-0.1, -0.05) is 30.3 Å². The van der Waals surface area contributed by atoms with Crippen LogP contribution in [0.3, 0.4) is 0 Å². The number of rotatable bonds is 6. The third-order valence-corrected chi connectivity index (χ3v) is 6.29. The zero-order valence-corrected chi connectivity index (χ0v) is 17.7. The van der Waals surface area contributed by atoms with E-state index in [1.165, 1.54) is 0 Å². The first kappa shape index (κ1) is 19.3. The number of para-hydroxylation sites is 1. The summed E-state index contributed by atoms with van der Waals surface area (Å²) in [6.07, 6.45) is 5.24. The molecule has 2 saturated heterocycles. The molecular weight excluding hydrogens is 402 g/mol. The maximum absolute atomic E-state index is 6.32. The van der Waals surface area contributed by atoms with Gasteiger partial charge in [0.25, 0.3) is 0 Å². The Balaban J connectivity index is 1.31. The number of fused-ring (bicyclic) bond motifs is 1. The van der Waals surface area contributed by atoms with E-state index in [0.717, 1.165) is 66.3 Å². The number of benzene rings is 2. The van der Waals surface area contributed by atoms with E-state index in [4.69, 9.17) is 15.2 Å².